The van der Waals surface area contributed by atoms with Crippen LogP contribution in [0.4, 0.5) is 0 Å². The molecular weight excluding hydrogens is 298 g/mol. The van der Waals surface area contributed by atoms with E-state index in [1.807, 2.05) is 0 Å². The van der Waals surface area contributed by atoms with Crippen LogP contribution in [-0.2, 0) is 6.42 Å². The van der Waals surface area contributed by atoms with Gasteiger partial charge in [0.05, 0.1) is 5.56 Å². The van der Waals surface area contributed by atoms with Crippen LogP contribution in [0.1, 0.15) is 40.7 Å². The van der Waals surface area contributed by atoms with Gasteiger partial charge in [-0.05, 0) is 37.5 Å². The van der Waals surface area contributed by atoms with Crippen LogP contribution in [0.5, 0.6) is 11.6 Å². The Morgan fingerprint density at radius 3 is 2.78 bits per heavy atom. The van der Waals surface area contributed by atoms with E-state index in [0.29, 0.717) is 23.3 Å². The number of hydrogen-bond acceptors (Lipinski definition) is 4. The quantitative estimate of drug-likeness (QED) is 0.657. The Labute approximate surface area is 130 Å². The zero-order valence-electron chi connectivity index (χ0n) is 12.3. The number of amides is 1. The minimum absolute atomic E-state index is 0.112. The Hall–Kier alpha value is -2.83. The topological polar surface area (TPSA) is 104 Å². The molecule has 1 aromatic heterocycles. The maximum absolute atomic E-state index is 12.2. The first kappa shape index (κ1) is 13.8. The van der Waals surface area contributed by atoms with Crippen molar-refractivity contribution in [3.05, 3.63) is 55.7 Å². The molecule has 4 rings (SSSR count). The van der Waals surface area contributed by atoms with E-state index in [1.165, 1.54) is 0 Å². The molecule has 23 heavy (non-hydrogen) atoms. The summed E-state index contributed by atoms with van der Waals surface area (Å²) in [4.78, 5) is 40.1. The molecule has 1 amide bonds. The number of aromatic amines is 2. The van der Waals surface area contributed by atoms with Gasteiger partial charge < -0.3 is 10.1 Å². The molecular formula is C16H15N3O4. The molecule has 1 aliphatic heterocycles. The number of H-pyrrole nitrogens is 2. The van der Waals surface area contributed by atoms with Crippen LogP contribution in [0.2, 0.25) is 0 Å². The predicted molar refractivity (Wildman–Crippen MR) is 82.1 cm³/mol. The van der Waals surface area contributed by atoms with Gasteiger partial charge in [-0.1, -0.05) is 0 Å². The van der Waals surface area contributed by atoms with E-state index in [1.54, 1.807) is 18.2 Å². The smallest absolute Gasteiger partial charge is 0.328 e. The molecule has 2 aliphatic rings. The van der Waals surface area contributed by atoms with Crippen molar-refractivity contribution in [2.24, 2.45) is 0 Å². The summed E-state index contributed by atoms with van der Waals surface area (Å²) in [5.74, 6) is 0.593. The number of carbonyl (C=O) groups excluding carboxylic acids is 1. The maximum atomic E-state index is 12.2. The summed E-state index contributed by atoms with van der Waals surface area (Å²) >= 11 is 0. The lowest BCUT2D eigenvalue weighted by molar-refractivity contribution is 0.0917. The summed E-state index contributed by atoms with van der Waals surface area (Å²) < 4.78 is 5.58. The van der Waals surface area contributed by atoms with Gasteiger partial charge in [-0.2, -0.15) is 0 Å². The Bertz CT molecular complexity index is 908. The molecule has 118 valence electrons. The highest BCUT2D eigenvalue weighted by molar-refractivity contribution is 5.95. The molecule has 7 nitrogen and oxygen atoms in total. The first-order chi connectivity index (χ1) is 11.1. The molecule has 1 aromatic carbocycles. The van der Waals surface area contributed by atoms with E-state index in [4.69, 9.17) is 4.74 Å². The van der Waals surface area contributed by atoms with Crippen LogP contribution in [0.25, 0.3) is 0 Å². The minimum Gasteiger partial charge on any atom is -0.440 e. The average Bonchev–Trinajstić information content (AvgIpc) is 2.48. The zero-order valence-corrected chi connectivity index (χ0v) is 12.3. The standard InChI is InChI=1S/C16H15N3O4/c20-13(17-10-2-1-3-10)8-4-5-12-9(6-8)7-11-14(21)18-16(22)19-15(11)23-12/h4-6,10H,1-3,7H2,(H,17,20)(H2,18,19,21,22). The number of hydrogen-bond donors (Lipinski definition) is 3. The van der Waals surface area contributed by atoms with Gasteiger partial charge in [0.1, 0.15) is 5.75 Å². The van der Waals surface area contributed by atoms with Crippen molar-refractivity contribution < 1.29 is 9.53 Å². The van der Waals surface area contributed by atoms with Gasteiger partial charge in [0.15, 0.2) is 0 Å². The molecule has 0 saturated heterocycles. The average molecular weight is 313 g/mol. The summed E-state index contributed by atoms with van der Waals surface area (Å²) in [6, 6.07) is 5.37. The summed E-state index contributed by atoms with van der Waals surface area (Å²) in [7, 11) is 0. The second-order valence-corrected chi connectivity index (χ2v) is 5.92. The van der Waals surface area contributed by atoms with Crippen molar-refractivity contribution in [1.29, 1.82) is 0 Å². The Kier molecular flexibility index (Phi) is 3.07. The third kappa shape index (κ3) is 2.44. The number of rotatable bonds is 2. The van der Waals surface area contributed by atoms with Crippen molar-refractivity contribution in [1.82, 2.24) is 15.3 Å². The summed E-state index contributed by atoms with van der Waals surface area (Å²) in [5.41, 5.74) is 0.570. The molecule has 0 unspecified atom stereocenters. The molecule has 1 saturated carbocycles. The van der Waals surface area contributed by atoms with Gasteiger partial charge in [0, 0.05) is 23.6 Å². The van der Waals surface area contributed by atoms with Gasteiger partial charge >= 0.3 is 5.69 Å². The molecule has 1 fully saturated rings. The molecule has 2 aromatic rings. The van der Waals surface area contributed by atoms with E-state index in [0.717, 1.165) is 24.8 Å². The summed E-state index contributed by atoms with van der Waals surface area (Å²) in [6.07, 6.45) is 3.51. The highest BCUT2D eigenvalue weighted by Crippen LogP contribution is 2.33. The van der Waals surface area contributed by atoms with E-state index < -0.39 is 11.2 Å². The number of aromatic nitrogens is 2. The molecule has 1 aliphatic carbocycles. The maximum Gasteiger partial charge on any atom is 0.328 e. The first-order valence-electron chi connectivity index (χ1n) is 7.57. The van der Waals surface area contributed by atoms with Gasteiger partial charge in [0.25, 0.3) is 11.5 Å². The first-order valence-corrected chi connectivity index (χ1v) is 7.57. The van der Waals surface area contributed by atoms with Crippen LogP contribution >= 0.6 is 0 Å². The molecule has 0 spiro atoms. The number of benzene rings is 1. The van der Waals surface area contributed by atoms with E-state index in [-0.39, 0.29) is 17.8 Å². The third-order valence-electron chi connectivity index (χ3n) is 4.34. The zero-order chi connectivity index (χ0) is 16.0. The van der Waals surface area contributed by atoms with E-state index in [2.05, 4.69) is 15.3 Å². The second kappa shape index (κ2) is 5.12. The molecule has 0 bridgehead atoms. The Morgan fingerprint density at radius 1 is 1.22 bits per heavy atom. The molecule has 7 heteroatoms. The monoisotopic (exact) mass is 313 g/mol. The molecule has 0 atom stereocenters. The molecule has 3 N–H and O–H groups in total. The number of fused-ring (bicyclic) bond motifs is 2. The predicted octanol–water partition coefficient (Wildman–Crippen LogP) is 1.04. The number of nitrogens with one attached hydrogen (secondary N) is 3. The fourth-order valence-electron chi connectivity index (χ4n) is 2.82. The summed E-state index contributed by atoms with van der Waals surface area (Å²) in [6.45, 7) is 0. The van der Waals surface area contributed by atoms with Crippen LogP contribution in [0.15, 0.2) is 27.8 Å². The van der Waals surface area contributed by atoms with Gasteiger partial charge in [0.2, 0.25) is 5.88 Å². The van der Waals surface area contributed by atoms with Gasteiger partial charge in [-0.3, -0.25) is 19.6 Å². The second-order valence-electron chi connectivity index (χ2n) is 5.92. The van der Waals surface area contributed by atoms with Gasteiger partial charge in [-0.15, -0.1) is 0 Å². The highest BCUT2D eigenvalue weighted by atomic mass is 16.5. The van der Waals surface area contributed by atoms with Crippen molar-refractivity contribution in [2.45, 2.75) is 31.7 Å². The fourth-order valence-corrected chi connectivity index (χ4v) is 2.82. The lowest BCUT2D eigenvalue weighted by atomic mass is 9.92. The molecule has 2 heterocycles. The number of ether oxygens (including phenoxy) is 1. The Morgan fingerprint density at radius 2 is 2.04 bits per heavy atom. The van der Waals surface area contributed by atoms with Crippen LogP contribution in [0, 0.1) is 0 Å². The van der Waals surface area contributed by atoms with Crippen LogP contribution < -0.4 is 21.3 Å². The van der Waals surface area contributed by atoms with E-state index >= 15 is 0 Å². The van der Waals surface area contributed by atoms with Crippen molar-refractivity contribution >= 4 is 5.91 Å². The third-order valence-corrected chi connectivity index (χ3v) is 4.34. The lowest BCUT2D eigenvalue weighted by Gasteiger charge is -2.26. The van der Waals surface area contributed by atoms with Gasteiger partial charge in [-0.25, -0.2) is 4.79 Å². The normalized spacial score (nSPS) is 15.8. The van der Waals surface area contributed by atoms with Crippen molar-refractivity contribution in [2.75, 3.05) is 0 Å². The van der Waals surface area contributed by atoms with Crippen LogP contribution in [-0.4, -0.2) is 21.9 Å². The lowest BCUT2D eigenvalue weighted by Crippen LogP contribution is -2.39. The highest BCUT2D eigenvalue weighted by Gasteiger charge is 2.24. The van der Waals surface area contributed by atoms with Crippen molar-refractivity contribution in [3.8, 4) is 11.6 Å². The van der Waals surface area contributed by atoms with E-state index in [9.17, 15) is 14.4 Å². The Balaban J connectivity index is 1.64. The largest absolute Gasteiger partial charge is 0.440 e. The SMILES string of the molecule is O=C(NC1CCC1)c1ccc2c(c1)Cc1c([nH]c(=O)[nH]c1=O)O2. The van der Waals surface area contributed by atoms with Crippen molar-refractivity contribution in [3.63, 3.8) is 0 Å². The van der Waals surface area contributed by atoms with Crippen LogP contribution in [0.3, 0.4) is 0 Å². The fraction of sp³-hybridized carbons (Fsp3) is 0.312. The molecule has 0 radical (unpaired) electrons. The number of carbonyl (C=O) groups is 1. The summed E-state index contributed by atoms with van der Waals surface area (Å²) in [5, 5.41) is 2.98. The minimum atomic E-state index is -0.603.